The number of benzene rings is 1. The van der Waals surface area contributed by atoms with E-state index >= 15 is 0 Å². The van der Waals surface area contributed by atoms with Gasteiger partial charge in [0.15, 0.2) is 0 Å². The van der Waals surface area contributed by atoms with Gasteiger partial charge < -0.3 is 10.1 Å². The van der Waals surface area contributed by atoms with E-state index in [0.717, 1.165) is 17.2 Å². The lowest BCUT2D eigenvalue weighted by atomic mass is 9.95. The third-order valence-electron chi connectivity index (χ3n) is 4.54. The van der Waals surface area contributed by atoms with Crippen LogP contribution in [0.25, 0.3) is 0 Å². The highest BCUT2D eigenvalue weighted by Crippen LogP contribution is 2.44. The number of ether oxygens (including phenoxy) is 1. The molecule has 3 rings (SSSR count). The number of hydrogen-bond acceptors (Lipinski definition) is 2. The van der Waals surface area contributed by atoms with E-state index in [-0.39, 0.29) is 12.0 Å². The maximum absolute atomic E-state index is 12.3. The highest BCUT2D eigenvalue weighted by atomic mass is 16.5. The van der Waals surface area contributed by atoms with Gasteiger partial charge in [-0.25, -0.2) is 0 Å². The third kappa shape index (κ3) is 2.82. The summed E-state index contributed by atoms with van der Waals surface area (Å²) in [5.41, 5.74) is 0.726. The molecule has 0 saturated heterocycles. The van der Waals surface area contributed by atoms with Crippen molar-refractivity contribution in [3.05, 3.63) is 29.8 Å². The van der Waals surface area contributed by atoms with Crippen molar-refractivity contribution in [2.75, 3.05) is 0 Å². The fourth-order valence-electron chi connectivity index (χ4n) is 3.63. The molecule has 108 valence electrons. The van der Waals surface area contributed by atoms with Crippen LogP contribution in [0.4, 0.5) is 0 Å². The summed E-state index contributed by atoms with van der Waals surface area (Å²) < 4.78 is 5.59. The average Bonchev–Trinajstić information content (AvgIpc) is 3.01. The van der Waals surface area contributed by atoms with Gasteiger partial charge in [0.05, 0.1) is 6.10 Å². The van der Waals surface area contributed by atoms with Gasteiger partial charge in [0, 0.05) is 11.6 Å². The Bertz CT molecular complexity index is 480. The van der Waals surface area contributed by atoms with E-state index in [1.54, 1.807) is 0 Å². The first-order valence-electron chi connectivity index (χ1n) is 7.69. The minimum Gasteiger partial charge on any atom is -0.491 e. The molecular formula is C17H23NO2. The van der Waals surface area contributed by atoms with Gasteiger partial charge >= 0.3 is 0 Å². The Hall–Kier alpha value is -1.51. The number of hydrogen-bond donors (Lipinski definition) is 1. The molecule has 2 aliphatic rings. The summed E-state index contributed by atoms with van der Waals surface area (Å²) in [5.74, 6) is 2.44. The standard InChI is InChI=1S/C17H23NO2/c1-11(2)20-15-7-5-13(6-8-15)17(19)18-16-10-12-3-4-14(16)9-12/h5-8,11-12,14,16H,3-4,9-10H2,1-2H3,(H,18,19)/t12-,14+,16+/m0/s1. The summed E-state index contributed by atoms with van der Waals surface area (Å²) in [4.78, 5) is 12.3. The van der Waals surface area contributed by atoms with Crippen molar-refractivity contribution in [3.8, 4) is 5.75 Å². The SMILES string of the molecule is CC(C)Oc1ccc(C(=O)N[C@@H]2C[C@H]3CC[C@@H]2C3)cc1. The monoisotopic (exact) mass is 273 g/mol. The van der Waals surface area contributed by atoms with Crippen LogP contribution in [-0.4, -0.2) is 18.1 Å². The van der Waals surface area contributed by atoms with E-state index in [4.69, 9.17) is 4.74 Å². The first-order valence-corrected chi connectivity index (χ1v) is 7.69. The maximum atomic E-state index is 12.3. The summed E-state index contributed by atoms with van der Waals surface area (Å²) in [5, 5.41) is 3.21. The molecule has 2 aliphatic carbocycles. The van der Waals surface area contributed by atoms with Crippen molar-refractivity contribution in [2.45, 2.75) is 51.7 Å². The summed E-state index contributed by atoms with van der Waals surface area (Å²) in [6.07, 6.45) is 5.29. The number of fused-ring (bicyclic) bond motifs is 2. The molecule has 0 spiro atoms. The van der Waals surface area contributed by atoms with Crippen LogP contribution in [0.15, 0.2) is 24.3 Å². The Morgan fingerprint density at radius 1 is 1.20 bits per heavy atom. The van der Waals surface area contributed by atoms with E-state index in [0.29, 0.717) is 12.0 Å². The minimum absolute atomic E-state index is 0.0543. The van der Waals surface area contributed by atoms with Crippen molar-refractivity contribution in [2.24, 2.45) is 11.8 Å². The molecule has 20 heavy (non-hydrogen) atoms. The van der Waals surface area contributed by atoms with Crippen molar-refractivity contribution in [3.63, 3.8) is 0 Å². The zero-order valence-corrected chi connectivity index (χ0v) is 12.3. The van der Waals surface area contributed by atoms with Crippen LogP contribution in [0.2, 0.25) is 0 Å². The second-order valence-electron chi connectivity index (χ2n) is 6.45. The Kier molecular flexibility index (Phi) is 3.68. The molecule has 1 amide bonds. The van der Waals surface area contributed by atoms with Gasteiger partial charge in [-0.1, -0.05) is 6.42 Å². The summed E-state index contributed by atoms with van der Waals surface area (Å²) in [6.45, 7) is 3.99. The zero-order chi connectivity index (χ0) is 14.1. The average molecular weight is 273 g/mol. The van der Waals surface area contributed by atoms with Crippen molar-refractivity contribution >= 4 is 5.91 Å². The third-order valence-corrected chi connectivity index (χ3v) is 4.54. The predicted molar refractivity (Wildman–Crippen MR) is 78.9 cm³/mol. The van der Waals surface area contributed by atoms with Crippen molar-refractivity contribution in [1.29, 1.82) is 0 Å². The molecule has 0 unspecified atom stereocenters. The molecule has 2 bridgehead atoms. The molecule has 0 aliphatic heterocycles. The van der Waals surface area contributed by atoms with Crippen LogP contribution >= 0.6 is 0 Å². The van der Waals surface area contributed by atoms with Crippen LogP contribution in [0.1, 0.15) is 49.9 Å². The highest BCUT2D eigenvalue weighted by molar-refractivity contribution is 5.94. The lowest BCUT2D eigenvalue weighted by Gasteiger charge is -2.22. The van der Waals surface area contributed by atoms with E-state index in [1.807, 2.05) is 38.1 Å². The van der Waals surface area contributed by atoms with Crippen molar-refractivity contribution < 1.29 is 9.53 Å². The van der Waals surface area contributed by atoms with E-state index < -0.39 is 0 Å². The molecule has 3 heteroatoms. The van der Waals surface area contributed by atoms with Gasteiger partial charge in [-0.05, 0) is 69.2 Å². The molecular weight excluding hydrogens is 250 g/mol. The highest BCUT2D eigenvalue weighted by Gasteiger charge is 2.40. The molecule has 0 heterocycles. The fraction of sp³-hybridized carbons (Fsp3) is 0.588. The largest absolute Gasteiger partial charge is 0.491 e. The Morgan fingerprint density at radius 3 is 2.50 bits per heavy atom. The van der Waals surface area contributed by atoms with Gasteiger partial charge in [-0.2, -0.15) is 0 Å². The number of amides is 1. The maximum Gasteiger partial charge on any atom is 0.251 e. The molecule has 2 fully saturated rings. The predicted octanol–water partition coefficient (Wildman–Crippen LogP) is 3.39. The zero-order valence-electron chi connectivity index (χ0n) is 12.3. The van der Waals surface area contributed by atoms with Crippen molar-refractivity contribution in [1.82, 2.24) is 5.32 Å². The Balaban J connectivity index is 1.59. The van der Waals surface area contributed by atoms with Gasteiger partial charge in [0.2, 0.25) is 0 Å². The Morgan fingerprint density at radius 2 is 1.95 bits per heavy atom. The number of nitrogens with one attached hydrogen (secondary N) is 1. The lowest BCUT2D eigenvalue weighted by molar-refractivity contribution is 0.0923. The first-order chi connectivity index (χ1) is 9.61. The molecule has 1 aromatic carbocycles. The molecule has 1 aromatic rings. The summed E-state index contributed by atoms with van der Waals surface area (Å²) in [6, 6.07) is 7.83. The van der Waals surface area contributed by atoms with Crippen LogP contribution < -0.4 is 10.1 Å². The fourth-order valence-corrected chi connectivity index (χ4v) is 3.63. The molecule has 2 saturated carbocycles. The second-order valence-corrected chi connectivity index (χ2v) is 6.45. The smallest absolute Gasteiger partial charge is 0.251 e. The van der Waals surface area contributed by atoms with Gasteiger partial charge in [-0.3, -0.25) is 4.79 Å². The quantitative estimate of drug-likeness (QED) is 0.913. The number of carbonyl (C=O) groups is 1. The molecule has 0 radical (unpaired) electrons. The topological polar surface area (TPSA) is 38.3 Å². The van der Waals surface area contributed by atoms with Gasteiger partial charge in [-0.15, -0.1) is 0 Å². The van der Waals surface area contributed by atoms with Crippen LogP contribution in [0.5, 0.6) is 5.75 Å². The van der Waals surface area contributed by atoms with E-state index in [1.165, 1.54) is 25.7 Å². The van der Waals surface area contributed by atoms with Gasteiger partial charge in [0.1, 0.15) is 5.75 Å². The molecule has 1 N–H and O–H groups in total. The lowest BCUT2D eigenvalue weighted by Crippen LogP contribution is -2.38. The first kappa shape index (κ1) is 13.5. The summed E-state index contributed by atoms with van der Waals surface area (Å²) >= 11 is 0. The van der Waals surface area contributed by atoms with Crippen LogP contribution in [0, 0.1) is 11.8 Å². The van der Waals surface area contributed by atoms with Crippen LogP contribution in [0.3, 0.4) is 0 Å². The van der Waals surface area contributed by atoms with E-state index in [9.17, 15) is 4.79 Å². The molecule has 3 nitrogen and oxygen atoms in total. The normalized spacial score (nSPS) is 27.9. The van der Waals surface area contributed by atoms with Crippen LogP contribution in [-0.2, 0) is 0 Å². The second kappa shape index (κ2) is 5.47. The van der Waals surface area contributed by atoms with Gasteiger partial charge in [0.25, 0.3) is 5.91 Å². The van der Waals surface area contributed by atoms with E-state index in [2.05, 4.69) is 5.32 Å². The molecule has 0 aromatic heterocycles. The minimum atomic E-state index is 0.0543. The summed E-state index contributed by atoms with van der Waals surface area (Å²) in [7, 11) is 0. The molecule has 3 atom stereocenters. The number of rotatable bonds is 4. The number of carbonyl (C=O) groups excluding carboxylic acids is 1. The Labute approximate surface area is 120 Å².